The van der Waals surface area contributed by atoms with E-state index in [1.807, 2.05) is 0 Å². The zero-order valence-corrected chi connectivity index (χ0v) is 14.6. The lowest BCUT2D eigenvalue weighted by Crippen LogP contribution is -2.49. The summed E-state index contributed by atoms with van der Waals surface area (Å²) in [5.74, 6) is -2.64. The molecule has 21 heavy (non-hydrogen) atoms. The van der Waals surface area contributed by atoms with Crippen LogP contribution in [-0.4, -0.2) is 22.2 Å². The minimum Gasteiger partial charge on any atom is -0.298 e. The number of carbonyl (C=O) groups is 3. The fourth-order valence-corrected chi connectivity index (χ4v) is 4.02. The van der Waals surface area contributed by atoms with Gasteiger partial charge in [-0.25, -0.2) is 0 Å². The van der Waals surface area contributed by atoms with Gasteiger partial charge < -0.3 is 0 Å². The SMILES string of the molecule is CC1(C)CC(Br)C(=O)C(C(=O)c2ccc(Cl)cc2Cl)C1=O. The molecule has 0 spiro atoms. The molecule has 1 aromatic carbocycles. The van der Waals surface area contributed by atoms with Crippen molar-refractivity contribution in [3.8, 4) is 0 Å². The lowest BCUT2D eigenvalue weighted by molar-refractivity contribution is -0.139. The monoisotopic (exact) mass is 390 g/mol. The summed E-state index contributed by atoms with van der Waals surface area (Å²) in [4.78, 5) is 36.8. The summed E-state index contributed by atoms with van der Waals surface area (Å²) in [6, 6.07) is 4.37. The van der Waals surface area contributed by atoms with Crippen LogP contribution in [0.5, 0.6) is 0 Å². The Morgan fingerprint density at radius 2 is 1.90 bits per heavy atom. The number of hydrogen-bond donors (Lipinski definition) is 0. The van der Waals surface area contributed by atoms with Crippen molar-refractivity contribution in [2.24, 2.45) is 11.3 Å². The van der Waals surface area contributed by atoms with E-state index >= 15 is 0 Å². The Morgan fingerprint density at radius 3 is 2.48 bits per heavy atom. The van der Waals surface area contributed by atoms with Gasteiger partial charge in [-0.2, -0.15) is 0 Å². The Bertz CT molecular complexity index is 640. The maximum absolute atomic E-state index is 12.6. The number of halogens is 3. The van der Waals surface area contributed by atoms with Crippen LogP contribution >= 0.6 is 39.1 Å². The molecule has 1 fully saturated rings. The normalized spacial score (nSPS) is 25.0. The molecule has 112 valence electrons. The van der Waals surface area contributed by atoms with Gasteiger partial charge in [0.1, 0.15) is 5.92 Å². The number of benzene rings is 1. The summed E-state index contributed by atoms with van der Waals surface area (Å²) in [5.41, 5.74) is -0.591. The average molecular weight is 392 g/mol. The number of hydrogen-bond acceptors (Lipinski definition) is 3. The molecule has 2 unspecified atom stereocenters. The third-order valence-electron chi connectivity index (χ3n) is 3.67. The van der Waals surface area contributed by atoms with Crippen molar-refractivity contribution in [2.45, 2.75) is 25.1 Å². The number of alkyl halides is 1. The molecular formula is C15H13BrCl2O3. The highest BCUT2D eigenvalue weighted by Crippen LogP contribution is 2.38. The number of Topliss-reactive ketones (excluding diaryl/α,β-unsaturated/α-hetero) is 3. The van der Waals surface area contributed by atoms with E-state index in [2.05, 4.69) is 15.9 Å². The first-order valence-electron chi connectivity index (χ1n) is 6.36. The first kappa shape index (κ1) is 16.7. The number of ketones is 3. The van der Waals surface area contributed by atoms with Crippen molar-refractivity contribution in [2.75, 3.05) is 0 Å². The minimum absolute atomic E-state index is 0.141. The number of rotatable bonds is 2. The van der Waals surface area contributed by atoms with Crippen molar-refractivity contribution in [1.82, 2.24) is 0 Å². The van der Waals surface area contributed by atoms with Crippen molar-refractivity contribution in [3.63, 3.8) is 0 Å². The minimum atomic E-state index is -1.31. The quantitative estimate of drug-likeness (QED) is 0.432. The smallest absolute Gasteiger partial charge is 0.182 e. The van der Waals surface area contributed by atoms with Gasteiger partial charge in [0.25, 0.3) is 0 Å². The molecule has 0 radical (unpaired) electrons. The Balaban J connectivity index is 2.45. The van der Waals surface area contributed by atoms with E-state index in [1.165, 1.54) is 18.2 Å². The summed E-state index contributed by atoms with van der Waals surface area (Å²) in [5, 5.41) is 0.527. The maximum Gasteiger partial charge on any atom is 0.182 e. The summed E-state index contributed by atoms with van der Waals surface area (Å²) in [6.07, 6.45) is 0.378. The molecule has 1 aliphatic carbocycles. The average Bonchev–Trinajstić information content (AvgIpc) is 2.36. The summed E-state index contributed by atoms with van der Waals surface area (Å²) in [7, 11) is 0. The zero-order valence-electron chi connectivity index (χ0n) is 11.5. The van der Waals surface area contributed by atoms with Crippen molar-refractivity contribution >= 4 is 56.5 Å². The van der Waals surface area contributed by atoms with Crippen LogP contribution in [0.15, 0.2) is 18.2 Å². The highest BCUT2D eigenvalue weighted by molar-refractivity contribution is 9.10. The Hall–Kier alpha value is -0.710. The van der Waals surface area contributed by atoms with E-state index in [1.54, 1.807) is 13.8 Å². The standard InChI is InChI=1S/C15H13BrCl2O3/c1-15(2)6-9(16)13(20)11(14(15)21)12(19)8-4-3-7(17)5-10(8)18/h3-5,9,11H,6H2,1-2H3. The van der Waals surface area contributed by atoms with E-state index < -0.39 is 27.7 Å². The van der Waals surface area contributed by atoms with Crippen LogP contribution in [0.1, 0.15) is 30.6 Å². The van der Waals surface area contributed by atoms with Crippen molar-refractivity contribution in [3.05, 3.63) is 33.8 Å². The molecule has 1 saturated carbocycles. The van der Waals surface area contributed by atoms with Gasteiger partial charge in [0, 0.05) is 16.0 Å². The van der Waals surface area contributed by atoms with Crippen LogP contribution in [0.25, 0.3) is 0 Å². The highest BCUT2D eigenvalue weighted by Gasteiger charge is 2.50. The summed E-state index contributed by atoms with van der Waals surface area (Å²) >= 11 is 15.1. The molecule has 0 saturated heterocycles. The molecule has 0 N–H and O–H groups in total. The van der Waals surface area contributed by atoms with E-state index in [0.29, 0.717) is 11.4 Å². The van der Waals surface area contributed by atoms with Crippen LogP contribution in [0.2, 0.25) is 10.0 Å². The predicted octanol–water partition coefficient (Wildman–Crippen LogP) is 4.12. The maximum atomic E-state index is 12.6. The Kier molecular flexibility index (Phi) is 4.62. The van der Waals surface area contributed by atoms with Crippen LogP contribution < -0.4 is 0 Å². The fraction of sp³-hybridized carbons (Fsp3) is 0.400. The molecule has 0 aliphatic heterocycles. The van der Waals surface area contributed by atoms with Gasteiger partial charge in [0.2, 0.25) is 0 Å². The van der Waals surface area contributed by atoms with E-state index in [0.717, 1.165) is 0 Å². The first-order valence-corrected chi connectivity index (χ1v) is 8.03. The second kappa shape index (κ2) is 5.82. The second-order valence-corrected chi connectivity index (χ2v) is 7.69. The van der Waals surface area contributed by atoms with Gasteiger partial charge in [-0.3, -0.25) is 14.4 Å². The van der Waals surface area contributed by atoms with E-state index in [-0.39, 0.29) is 16.4 Å². The second-order valence-electron chi connectivity index (χ2n) is 5.74. The van der Waals surface area contributed by atoms with Gasteiger partial charge in [-0.05, 0) is 24.6 Å². The van der Waals surface area contributed by atoms with Gasteiger partial charge in [0.15, 0.2) is 17.3 Å². The molecular weight excluding hydrogens is 379 g/mol. The third kappa shape index (κ3) is 3.08. The van der Waals surface area contributed by atoms with Crippen LogP contribution in [-0.2, 0) is 9.59 Å². The Morgan fingerprint density at radius 1 is 1.29 bits per heavy atom. The molecule has 0 bridgehead atoms. The molecule has 0 aromatic heterocycles. The van der Waals surface area contributed by atoms with Gasteiger partial charge >= 0.3 is 0 Å². The van der Waals surface area contributed by atoms with Gasteiger partial charge in [-0.15, -0.1) is 0 Å². The molecule has 3 nitrogen and oxygen atoms in total. The van der Waals surface area contributed by atoms with E-state index in [9.17, 15) is 14.4 Å². The van der Waals surface area contributed by atoms with Crippen LogP contribution in [0, 0.1) is 11.3 Å². The lowest BCUT2D eigenvalue weighted by atomic mass is 9.68. The summed E-state index contributed by atoms with van der Waals surface area (Å²) < 4.78 is 0. The predicted molar refractivity (Wildman–Crippen MR) is 85.4 cm³/mol. The zero-order chi connectivity index (χ0) is 15.9. The lowest BCUT2D eigenvalue weighted by Gasteiger charge is -2.34. The van der Waals surface area contributed by atoms with Gasteiger partial charge in [0.05, 0.1) is 9.85 Å². The molecule has 6 heteroatoms. The molecule has 1 aliphatic rings. The highest BCUT2D eigenvalue weighted by atomic mass is 79.9. The first-order chi connectivity index (χ1) is 9.65. The van der Waals surface area contributed by atoms with E-state index in [4.69, 9.17) is 23.2 Å². The largest absolute Gasteiger partial charge is 0.298 e. The topological polar surface area (TPSA) is 51.2 Å². The van der Waals surface area contributed by atoms with Crippen molar-refractivity contribution < 1.29 is 14.4 Å². The molecule has 2 rings (SSSR count). The van der Waals surface area contributed by atoms with Crippen LogP contribution in [0.4, 0.5) is 0 Å². The molecule has 0 heterocycles. The third-order valence-corrected chi connectivity index (χ3v) is 4.99. The van der Waals surface area contributed by atoms with Gasteiger partial charge in [-0.1, -0.05) is 53.0 Å². The fourth-order valence-electron chi connectivity index (χ4n) is 2.44. The van der Waals surface area contributed by atoms with Crippen molar-refractivity contribution in [1.29, 1.82) is 0 Å². The molecule has 2 atom stereocenters. The summed E-state index contributed by atoms with van der Waals surface area (Å²) in [6.45, 7) is 3.47. The Labute approximate surface area is 141 Å². The van der Waals surface area contributed by atoms with Crippen LogP contribution in [0.3, 0.4) is 0 Å². The molecule has 1 aromatic rings. The number of carbonyl (C=O) groups excluding carboxylic acids is 3. The molecule has 0 amide bonds.